The summed E-state index contributed by atoms with van der Waals surface area (Å²) in [5.41, 5.74) is 1.06. The molecule has 1 aliphatic rings. The fourth-order valence-corrected chi connectivity index (χ4v) is 2.66. The van der Waals surface area contributed by atoms with Crippen molar-refractivity contribution in [3.05, 3.63) is 53.0 Å². The zero-order valence-electron chi connectivity index (χ0n) is 10.9. The van der Waals surface area contributed by atoms with Crippen molar-refractivity contribution in [3.8, 4) is 0 Å². The monoisotopic (exact) mass is 273 g/mol. The molecule has 0 atom stereocenters. The van der Waals surface area contributed by atoms with E-state index in [9.17, 15) is 9.59 Å². The number of benzene rings is 1. The molecule has 0 bridgehead atoms. The predicted octanol–water partition coefficient (Wildman–Crippen LogP) is 3.69. The largest absolute Gasteiger partial charge is 0.293 e. The van der Waals surface area contributed by atoms with Gasteiger partial charge in [-0.2, -0.15) is 0 Å². The van der Waals surface area contributed by atoms with E-state index in [1.807, 2.05) is 50.3 Å². The highest BCUT2D eigenvalue weighted by molar-refractivity contribution is 8.18. The minimum absolute atomic E-state index is 0.100. The lowest BCUT2D eigenvalue weighted by Gasteiger charge is -2.16. The third kappa shape index (κ3) is 3.15. The first-order valence-corrected chi connectivity index (χ1v) is 6.90. The highest BCUT2D eigenvalue weighted by Gasteiger charge is 2.36. The normalized spacial score (nSPS) is 18.3. The number of allylic oxidation sites excluding steroid dienone is 2. The SMILES string of the molecule is CC(C)N1C(=O)S/C(=C\C=C\c2ccccc2)C1=O. The second-order valence-corrected chi connectivity index (χ2v) is 5.43. The van der Waals surface area contributed by atoms with Gasteiger partial charge in [-0.15, -0.1) is 0 Å². The summed E-state index contributed by atoms with van der Waals surface area (Å²) in [7, 11) is 0. The van der Waals surface area contributed by atoms with E-state index in [1.54, 1.807) is 12.2 Å². The van der Waals surface area contributed by atoms with E-state index in [0.717, 1.165) is 17.3 Å². The van der Waals surface area contributed by atoms with Crippen LogP contribution in [0.2, 0.25) is 0 Å². The molecule has 0 N–H and O–H groups in total. The molecule has 19 heavy (non-hydrogen) atoms. The molecule has 0 aliphatic carbocycles. The van der Waals surface area contributed by atoms with E-state index in [-0.39, 0.29) is 17.2 Å². The molecule has 3 nitrogen and oxygen atoms in total. The van der Waals surface area contributed by atoms with Gasteiger partial charge in [0.1, 0.15) is 0 Å². The molecule has 1 fully saturated rings. The summed E-state index contributed by atoms with van der Waals surface area (Å²) in [5, 5.41) is -0.195. The molecule has 1 aromatic carbocycles. The molecule has 4 heteroatoms. The first kappa shape index (κ1) is 13.6. The summed E-state index contributed by atoms with van der Waals surface area (Å²) in [6.07, 6.45) is 5.40. The van der Waals surface area contributed by atoms with Crippen LogP contribution >= 0.6 is 11.8 Å². The number of carbonyl (C=O) groups is 2. The molecule has 1 aromatic rings. The number of nitrogens with zero attached hydrogens (tertiary/aromatic N) is 1. The Morgan fingerprint density at radius 3 is 2.42 bits per heavy atom. The molecule has 0 spiro atoms. The van der Waals surface area contributed by atoms with E-state index in [4.69, 9.17) is 0 Å². The van der Waals surface area contributed by atoms with Crippen LogP contribution in [0.1, 0.15) is 19.4 Å². The molecule has 98 valence electrons. The van der Waals surface area contributed by atoms with Gasteiger partial charge in [-0.1, -0.05) is 42.5 Å². The van der Waals surface area contributed by atoms with E-state index in [1.165, 1.54) is 4.90 Å². The quantitative estimate of drug-likeness (QED) is 0.788. The zero-order valence-corrected chi connectivity index (χ0v) is 11.7. The average molecular weight is 273 g/mol. The molecule has 1 heterocycles. The Labute approximate surface area is 117 Å². The van der Waals surface area contributed by atoms with Gasteiger partial charge in [-0.3, -0.25) is 14.5 Å². The minimum atomic E-state index is -0.206. The van der Waals surface area contributed by atoms with Crippen LogP contribution in [0.5, 0.6) is 0 Å². The van der Waals surface area contributed by atoms with Gasteiger partial charge < -0.3 is 0 Å². The Balaban J connectivity index is 2.11. The number of thioether (sulfide) groups is 1. The maximum Gasteiger partial charge on any atom is 0.293 e. The second kappa shape index (κ2) is 5.89. The highest BCUT2D eigenvalue weighted by atomic mass is 32.2. The van der Waals surface area contributed by atoms with Crippen LogP contribution in [-0.4, -0.2) is 22.1 Å². The van der Waals surface area contributed by atoms with Crippen LogP contribution in [0.4, 0.5) is 4.79 Å². The van der Waals surface area contributed by atoms with Crippen molar-refractivity contribution in [2.24, 2.45) is 0 Å². The third-order valence-corrected chi connectivity index (χ3v) is 3.58. The summed E-state index contributed by atoms with van der Waals surface area (Å²) in [6.45, 7) is 3.66. The Morgan fingerprint density at radius 2 is 1.84 bits per heavy atom. The van der Waals surface area contributed by atoms with Gasteiger partial charge in [0.2, 0.25) is 0 Å². The van der Waals surface area contributed by atoms with Crippen molar-refractivity contribution < 1.29 is 9.59 Å². The van der Waals surface area contributed by atoms with Crippen molar-refractivity contribution in [2.45, 2.75) is 19.9 Å². The molecule has 1 aliphatic heterocycles. The summed E-state index contributed by atoms with van der Waals surface area (Å²) < 4.78 is 0. The topological polar surface area (TPSA) is 37.4 Å². The van der Waals surface area contributed by atoms with Crippen molar-refractivity contribution in [2.75, 3.05) is 0 Å². The van der Waals surface area contributed by atoms with Gasteiger partial charge >= 0.3 is 0 Å². The lowest BCUT2D eigenvalue weighted by atomic mass is 10.2. The van der Waals surface area contributed by atoms with E-state index in [2.05, 4.69) is 0 Å². The maximum absolute atomic E-state index is 12.0. The Kier molecular flexibility index (Phi) is 4.22. The molecule has 0 saturated carbocycles. The molecule has 0 aromatic heterocycles. The number of amides is 2. The molecule has 1 saturated heterocycles. The number of hydrogen-bond acceptors (Lipinski definition) is 3. The van der Waals surface area contributed by atoms with Crippen LogP contribution in [0.25, 0.3) is 6.08 Å². The van der Waals surface area contributed by atoms with Gasteiger partial charge in [-0.05, 0) is 37.2 Å². The van der Waals surface area contributed by atoms with Crippen LogP contribution in [0, 0.1) is 0 Å². The molecular weight excluding hydrogens is 258 g/mol. The lowest BCUT2D eigenvalue weighted by molar-refractivity contribution is -0.123. The second-order valence-electron chi connectivity index (χ2n) is 4.44. The summed E-state index contributed by atoms with van der Waals surface area (Å²) >= 11 is 0.993. The smallest absolute Gasteiger partial charge is 0.268 e. The average Bonchev–Trinajstić information content (AvgIpc) is 2.66. The van der Waals surface area contributed by atoms with Crippen LogP contribution in [-0.2, 0) is 4.79 Å². The lowest BCUT2D eigenvalue weighted by Crippen LogP contribution is -2.34. The highest BCUT2D eigenvalue weighted by Crippen LogP contribution is 2.31. The van der Waals surface area contributed by atoms with Gasteiger partial charge in [0, 0.05) is 6.04 Å². The molecular formula is C15H15NO2S. The molecule has 0 unspecified atom stereocenters. The van der Waals surface area contributed by atoms with Gasteiger partial charge in [0.15, 0.2) is 0 Å². The standard InChI is InChI=1S/C15H15NO2S/c1-11(2)16-14(17)13(19-15(16)18)10-6-9-12-7-4-3-5-8-12/h3-11H,1-2H3/b9-6+,13-10-. The van der Waals surface area contributed by atoms with Gasteiger partial charge in [0.25, 0.3) is 11.1 Å². The van der Waals surface area contributed by atoms with Crippen LogP contribution in [0.3, 0.4) is 0 Å². The van der Waals surface area contributed by atoms with E-state index < -0.39 is 0 Å². The zero-order chi connectivity index (χ0) is 13.8. The fraction of sp³-hybridized carbons (Fsp3) is 0.200. The van der Waals surface area contributed by atoms with Crippen LogP contribution < -0.4 is 0 Å². The Hall–Kier alpha value is -1.81. The van der Waals surface area contributed by atoms with Crippen molar-refractivity contribution in [1.29, 1.82) is 0 Å². The Bertz CT molecular complexity index is 547. The van der Waals surface area contributed by atoms with Crippen molar-refractivity contribution in [3.63, 3.8) is 0 Å². The number of imide groups is 1. The number of hydrogen-bond donors (Lipinski definition) is 0. The van der Waals surface area contributed by atoms with Crippen molar-refractivity contribution in [1.82, 2.24) is 4.90 Å². The summed E-state index contributed by atoms with van der Waals surface area (Å²) in [4.78, 5) is 25.4. The van der Waals surface area contributed by atoms with Crippen molar-refractivity contribution >= 4 is 29.0 Å². The maximum atomic E-state index is 12.0. The first-order chi connectivity index (χ1) is 9.09. The van der Waals surface area contributed by atoms with Gasteiger partial charge in [0.05, 0.1) is 4.91 Å². The molecule has 2 rings (SSSR count). The third-order valence-electron chi connectivity index (χ3n) is 2.68. The first-order valence-electron chi connectivity index (χ1n) is 6.08. The minimum Gasteiger partial charge on any atom is -0.268 e. The summed E-state index contributed by atoms with van der Waals surface area (Å²) in [6, 6.07) is 9.70. The number of carbonyl (C=O) groups excluding carboxylic acids is 2. The molecule has 0 radical (unpaired) electrons. The van der Waals surface area contributed by atoms with E-state index in [0.29, 0.717) is 4.91 Å². The predicted molar refractivity (Wildman–Crippen MR) is 78.5 cm³/mol. The van der Waals surface area contributed by atoms with Crippen LogP contribution in [0.15, 0.2) is 47.4 Å². The Morgan fingerprint density at radius 1 is 1.16 bits per heavy atom. The summed E-state index contributed by atoms with van der Waals surface area (Å²) in [5.74, 6) is -0.206. The van der Waals surface area contributed by atoms with E-state index >= 15 is 0 Å². The van der Waals surface area contributed by atoms with Gasteiger partial charge in [-0.25, -0.2) is 0 Å². The fourth-order valence-electron chi connectivity index (χ4n) is 1.75. The molecule has 2 amide bonds. The number of rotatable bonds is 3.